The molecule has 3 nitrogen and oxygen atoms in total. The molecule has 0 aliphatic heterocycles. The summed E-state index contributed by atoms with van der Waals surface area (Å²) >= 11 is 6.55. The highest BCUT2D eigenvalue weighted by Crippen LogP contribution is 2.29. The fourth-order valence-electron chi connectivity index (χ4n) is 1.30. The molecular formula is C12H13Br2NO2. The van der Waals surface area contributed by atoms with Crippen molar-refractivity contribution in [3.63, 3.8) is 0 Å². The normalized spacial score (nSPS) is 13.9. The van der Waals surface area contributed by atoms with Gasteiger partial charge >= 0.3 is 0 Å². The van der Waals surface area contributed by atoms with E-state index in [-0.39, 0.29) is 11.7 Å². The number of anilines is 1. The van der Waals surface area contributed by atoms with Crippen LogP contribution in [0.3, 0.4) is 0 Å². The number of carbonyl (C=O) groups excluding carboxylic acids is 2. The Kier molecular flexibility index (Phi) is 4.49. The number of carbonyl (C=O) groups is 2. The van der Waals surface area contributed by atoms with Gasteiger partial charge in [0, 0.05) is 11.5 Å². The van der Waals surface area contributed by atoms with Crippen molar-refractivity contribution in [1.82, 2.24) is 0 Å². The van der Waals surface area contributed by atoms with E-state index in [1.54, 1.807) is 14.0 Å². The Balaban J connectivity index is 3.07. The SMILES string of the molecule is CC(=O)C(C)(Br)C(=O)N(C)c1ccccc1Br. The highest BCUT2D eigenvalue weighted by atomic mass is 79.9. The van der Waals surface area contributed by atoms with E-state index in [0.29, 0.717) is 0 Å². The van der Waals surface area contributed by atoms with Gasteiger partial charge in [0.05, 0.1) is 5.69 Å². The van der Waals surface area contributed by atoms with Crippen molar-refractivity contribution in [2.45, 2.75) is 18.2 Å². The molecule has 0 heterocycles. The van der Waals surface area contributed by atoms with Crippen LogP contribution in [0.1, 0.15) is 13.8 Å². The van der Waals surface area contributed by atoms with Crippen molar-refractivity contribution in [2.24, 2.45) is 0 Å². The Bertz CT molecular complexity index is 458. The molecule has 0 saturated heterocycles. The van der Waals surface area contributed by atoms with E-state index in [1.165, 1.54) is 11.8 Å². The van der Waals surface area contributed by atoms with Gasteiger partial charge in [-0.25, -0.2) is 0 Å². The minimum Gasteiger partial charge on any atom is -0.313 e. The standard InChI is InChI=1S/C12H13Br2NO2/c1-8(16)12(2,14)11(17)15(3)10-7-5-4-6-9(10)13/h4-7H,1-3H3. The van der Waals surface area contributed by atoms with Crippen LogP contribution in [0.25, 0.3) is 0 Å². The van der Waals surface area contributed by atoms with Crippen LogP contribution in [0.5, 0.6) is 0 Å². The smallest absolute Gasteiger partial charge is 0.250 e. The number of benzene rings is 1. The van der Waals surface area contributed by atoms with Crippen molar-refractivity contribution in [1.29, 1.82) is 0 Å². The molecule has 1 rings (SSSR count). The summed E-state index contributed by atoms with van der Waals surface area (Å²) < 4.78 is -0.375. The molecule has 0 aromatic heterocycles. The van der Waals surface area contributed by atoms with Gasteiger partial charge in [0.1, 0.15) is 0 Å². The maximum Gasteiger partial charge on any atom is 0.250 e. The number of hydrogen-bond acceptors (Lipinski definition) is 2. The summed E-state index contributed by atoms with van der Waals surface area (Å²) in [5, 5.41) is 0. The van der Waals surface area contributed by atoms with Crippen LogP contribution in [-0.2, 0) is 9.59 Å². The minimum atomic E-state index is -1.18. The molecule has 17 heavy (non-hydrogen) atoms. The first-order valence-corrected chi connectivity index (χ1v) is 6.59. The van der Waals surface area contributed by atoms with Gasteiger partial charge in [0.25, 0.3) is 5.91 Å². The molecule has 0 fully saturated rings. The second-order valence-corrected chi connectivity index (χ2v) is 6.32. The lowest BCUT2D eigenvalue weighted by molar-refractivity contribution is -0.128. The molecule has 92 valence electrons. The van der Waals surface area contributed by atoms with Crippen LogP contribution in [0, 0.1) is 0 Å². The molecule has 1 aromatic carbocycles. The van der Waals surface area contributed by atoms with E-state index in [0.717, 1.165) is 10.2 Å². The van der Waals surface area contributed by atoms with Crippen LogP contribution in [0.4, 0.5) is 5.69 Å². The summed E-state index contributed by atoms with van der Waals surface area (Å²) in [5.74, 6) is -0.515. The number of halogens is 2. The summed E-state index contributed by atoms with van der Waals surface area (Å²) in [7, 11) is 1.64. The lowest BCUT2D eigenvalue weighted by atomic mass is 10.1. The quantitative estimate of drug-likeness (QED) is 0.611. The van der Waals surface area contributed by atoms with Crippen LogP contribution in [0.2, 0.25) is 0 Å². The third kappa shape index (κ3) is 2.96. The Morgan fingerprint density at radius 1 is 1.29 bits per heavy atom. The maximum absolute atomic E-state index is 12.2. The summed E-state index contributed by atoms with van der Waals surface area (Å²) in [5.41, 5.74) is 0.726. The van der Waals surface area contributed by atoms with E-state index < -0.39 is 4.32 Å². The number of rotatable bonds is 3. The molecule has 0 aliphatic rings. The molecule has 5 heteroatoms. The number of alkyl halides is 1. The second kappa shape index (κ2) is 5.31. The zero-order valence-electron chi connectivity index (χ0n) is 9.83. The molecular weight excluding hydrogens is 350 g/mol. The zero-order chi connectivity index (χ0) is 13.2. The average molecular weight is 363 g/mol. The van der Waals surface area contributed by atoms with E-state index in [1.807, 2.05) is 24.3 Å². The molecule has 0 bridgehead atoms. The number of Topliss-reactive ketones (excluding diaryl/α,β-unsaturated/α-hetero) is 1. The fraction of sp³-hybridized carbons (Fsp3) is 0.333. The Labute approximate surface area is 117 Å². The first kappa shape index (κ1) is 14.4. The number of amides is 1. The van der Waals surface area contributed by atoms with E-state index in [2.05, 4.69) is 31.9 Å². The first-order valence-electron chi connectivity index (χ1n) is 5.01. The Hall–Kier alpha value is -0.680. The monoisotopic (exact) mass is 361 g/mol. The topological polar surface area (TPSA) is 37.4 Å². The number of nitrogens with zero attached hydrogens (tertiary/aromatic N) is 1. The van der Waals surface area contributed by atoms with Gasteiger partial charge in [-0.2, -0.15) is 0 Å². The van der Waals surface area contributed by atoms with Gasteiger partial charge in [-0.3, -0.25) is 9.59 Å². The van der Waals surface area contributed by atoms with Crippen LogP contribution in [-0.4, -0.2) is 23.1 Å². The molecule has 1 atom stereocenters. The second-order valence-electron chi connectivity index (χ2n) is 3.87. The molecule has 1 amide bonds. The van der Waals surface area contributed by atoms with Crippen LogP contribution < -0.4 is 4.90 Å². The molecule has 1 unspecified atom stereocenters. The van der Waals surface area contributed by atoms with E-state index >= 15 is 0 Å². The molecule has 1 aromatic rings. The molecule has 0 radical (unpaired) electrons. The first-order chi connectivity index (χ1) is 7.78. The third-order valence-corrected chi connectivity index (χ3v) is 4.15. The summed E-state index contributed by atoms with van der Waals surface area (Å²) in [6.07, 6.45) is 0. The van der Waals surface area contributed by atoms with Crippen LogP contribution in [0.15, 0.2) is 28.7 Å². The van der Waals surface area contributed by atoms with Crippen molar-refractivity contribution in [3.05, 3.63) is 28.7 Å². The number of para-hydroxylation sites is 1. The predicted octanol–water partition coefficient (Wildman–Crippen LogP) is 3.15. The van der Waals surface area contributed by atoms with E-state index in [4.69, 9.17) is 0 Å². The third-order valence-electron chi connectivity index (χ3n) is 2.58. The largest absolute Gasteiger partial charge is 0.313 e. The number of hydrogen-bond donors (Lipinski definition) is 0. The predicted molar refractivity (Wildman–Crippen MR) is 75.6 cm³/mol. The molecule has 0 spiro atoms. The maximum atomic E-state index is 12.2. The summed E-state index contributed by atoms with van der Waals surface area (Å²) in [6.45, 7) is 2.95. The van der Waals surface area contributed by atoms with Gasteiger partial charge in [0.15, 0.2) is 10.1 Å². The molecule has 0 saturated carbocycles. The zero-order valence-corrected chi connectivity index (χ0v) is 13.0. The van der Waals surface area contributed by atoms with Crippen LogP contribution >= 0.6 is 31.9 Å². The van der Waals surface area contributed by atoms with Crippen molar-refractivity contribution in [2.75, 3.05) is 11.9 Å². The van der Waals surface area contributed by atoms with Gasteiger partial charge in [-0.15, -0.1) is 0 Å². The summed E-state index contributed by atoms with van der Waals surface area (Å²) in [6, 6.07) is 7.36. The van der Waals surface area contributed by atoms with Gasteiger partial charge in [-0.05, 0) is 41.9 Å². The van der Waals surface area contributed by atoms with Crippen molar-refractivity contribution in [3.8, 4) is 0 Å². The van der Waals surface area contributed by atoms with Crippen molar-refractivity contribution >= 4 is 49.2 Å². The Morgan fingerprint density at radius 2 is 1.82 bits per heavy atom. The van der Waals surface area contributed by atoms with Crippen molar-refractivity contribution < 1.29 is 9.59 Å². The Morgan fingerprint density at radius 3 is 2.29 bits per heavy atom. The minimum absolute atomic E-state index is 0.221. The van der Waals surface area contributed by atoms with Gasteiger partial charge in [-0.1, -0.05) is 28.1 Å². The molecule has 0 N–H and O–H groups in total. The lowest BCUT2D eigenvalue weighted by Crippen LogP contribution is -2.45. The van der Waals surface area contributed by atoms with Gasteiger partial charge in [0.2, 0.25) is 0 Å². The highest BCUT2D eigenvalue weighted by Gasteiger charge is 2.38. The fourth-order valence-corrected chi connectivity index (χ4v) is 2.12. The number of ketones is 1. The summed E-state index contributed by atoms with van der Waals surface area (Å²) in [4.78, 5) is 25.1. The highest BCUT2D eigenvalue weighted by molar-refractivity contribution is 9.11. The lowest BCUT2D eigenvalue weighted by Gasteiger charge is -2.26. The molecule has 0 aliphatic carbocycles. The van der Waals surface area contributed by atoms with E-state index in [9.17, 15) is 9.59 Å². The van der Waals surface area contributed by atoms with Gasteiger partial charge < -0.3 is 4.90 Å². The average Bonchev–Trinajstić information content (AvgIpc) is 2.27.